The van der Waals surface area contributed by atoms with E-state index in [1.165, 1.54) is 0 Å². The molecule has 0 unspecified atom stereocenters. The van der Waals surface area contributed by atoms with Crippen molar-refractivity contribution in [3.8, 4) is 5.75 Å². The summed E-state index contributed by atoms with van der Waals surface area (Å²) in [6.45, 7) is 4.29. The Hall–Kier alpha value is -1.02. The van der Waals surface area contributed by atoms with Gasteiger partial charge in [0.15, 0.2) is 0 Å². The standard InChI is InChI=1S/C11H16O2/c1-2-12-9-6-10-13-11-7-4-3-5-8-11/h3-5,7-8H,2,6,9-10H2,1H3. The van der Waals surface area contributed by atoms with Crippen LogP contribution >= 0.6 is 0 Å². The second kappa shape index (κ2) is 6.49. The van der Waals surface area contributed by atoms with Crippen LogP contribution in [-0.4, -0.2) is 19.8 Å². The highest BCUT2D eigenvalue weighted by molar-refractivity contribution is 5.20. The number of benzene rings is 1. The fourth-order valence-corrected chi connectivity index (χ4v) is 1.01. The highest BCUT2D eigenvalue weighted by atomic mass is 16.5. The molecule has 0 fully saturated rings. The summed E-state index contributed by atoms with van der Waals surface area (Å²) < 4.78 is 10.7. The zero-order chi connectivity index (χ0) is 9.36. The van der Waals surface area contributed by atoms with Gasteiger partial charge in [-0.15, -0.1) is 0 Å². The van der Waals surface area contributed by atoms with Gasteiger partial charge in [0.25, 0.3) is 0 Å². The molecule has 1 rings (SSSR count). The topological polar surface area (TPSA) is 18.5 Å². The average molecular weight is 180 g/mol. The van der Waals surface area contributed by atoms with Crippen molar-refractivity contribution < 1.29 is 9.47 Å². The minimum atomic E-state index is 0.726. The molecule has 0 radical (unpaired) electrons. The molecule has 0 bridgehead atoms. The van der Waals surface area contributed by atoms with E-state index in [4.69, 9.17) is 9.47 Å². The monoisotopic (exact) mass is 180 g/mol. The molecule has 2 nitrogen and oxygen atoms in total. The van der Waals surface area contributed by atoms with Gasteiger partial charge in [0, 0.05) is 19.6 Å². The highest BCUT2D eigenvalue weighted by Gasteiger charge is 1.90. The summed E-state index contributed by atoms with van der Waals surface area (Å²) in [5.41, 5.74) is 0. The quantitative estimate of drug-likeness (QED) is 0.626. The summed E-state index contributed by atoms with van der Waals surface area (Å²) in [7, 11) is 0. The fourth-order valence-electron chi connectivity index (χ4n) is 1.01. The lowest BCUT2D eigenvalue weighted by Gasteiger charge is -2.05. The minimum Gasteiger partial charge on any atom is -0.494 e. The van der Waals surface area contributed by atoms with Crippen LogP contribution < -0.4 is 4.74 Å². The van der Waals surface area contributed by atoms with Crippen molar-refractivity contribution in [2.24, 2.45) is 0 Å². The van der Waals surface area contributed by atoms with E-state index in [1.54, 1.807) is 0 Å². The second-order valence-corrected chi connectivity index (χ2v) is 2.71. The van der Waals surface area contributed by atoms with Crippen LogP contribution in [0, 0.1) is 0 Å². The summed E-state index contributed by atoms with van der Waals surface area (Å²) in [6.07, 6.45) is 0.947. The molecule has 0 saturated carbocycles. The van der Waals surface area contributed by atoms with Gasteiger partial charge < -0.3 is 9.47 Å². The molecular formula is C11H16O2. The molecule has 0 aliphatic carbocycles. The predicted molar refractivity (Wildman–Crippen MR) is 53.0 cm³/mol. The molecule has 72 valence electrons. The van der Waals surface area contributed by atoms with Gasteiger partial charge in [-0.05, 0) is 19.1 Å². The first-order valence-corrected chi connectivity index (χ1v) is 4.69. The van der Waals surface area contributed by atoms with E-state index in [-0.39, 0.29) is 0 Å². The van der Waals surface area contributed by atoms with E-state index in [2.05, 4.69) is 0 Å². The van der Waals surface area contributed by atoms with Gasteiger partial charge in [-0.3, -0.25) is 0 Å². The van der Waals surface area contributed by atoms with Crippen molar-refractivity contribution in [3.63, 3.8) is 0 Å². The van der Waals surface area contributed by atoms with Crippen LogP contribution in [0.2, 0.25) is 0 Å². The molecule has 0 amide bonds. The molecule has 0 saturated heterocycles. The van der Waals surface area contributed by atoms with Crippen molar-refractivity contribution in [2.75, 3.05) is 19.8 Å². The maximum atomic E-state index is 5.47. The first-order chi connectivity index (χ1) is 6.43. The first kappa shape index (κ1) is 10.1. The number of para-hydroxylation sites is 1. The Morgan fingerprint density at radius 1 is 1.08 bits per heavy atom. The van der Waals surface area contributed by atoms with Crippen molar-refractivity contribution in [2.45, 2.75) is 13.3 Å². The van der Waals surface area contributed by atoms with E-state index in [0.717, 1.165) is 32.0 Å². The Labute approximate surface area is 79.5 Å². The van der Waals surface area contributed by atoms with Crippen LogP contribution in [-0.2, 0) is 4.74 Å². The summed E-state index contributed by atoms with van der Waals surface area (Å²) in [5, 5.41) is 0. The van der Waals surface area contributed by atoms with E-state index in [9.17, 15) is 0 Å². The van der Waals surface area contributed by atoms with Gasteiger partial charge in [0.1, 0.15) is 5.75 Å². The van der Waals surface area contributed by atoms with Crippen LogP contribution in [0.3, 0.4) is 0 Å². The molecular weight excluding hydrogens is 164 g/mol. The minimum absolute atomic E-state index is 0.726. The summed E-state index contributed by atoms with van der Waals surface area (Å²) in [4.78, 5) is 0. The predicted octanol–water partition coefficient (Wildman–Crippen LogP) is 2.49. The zero-order valence-corrected chi connectivity index (χ0v) is 8.03. The maximum Gasteiger partial charge on any atom is 0.119 e. The summed E-state index contributed by atoms with van der Waals surface area (Å²) in [5.74, 6) is 0.930. The third-order valence-electron chi connectivity index (χ3n) is 1.65. The fraction of sp³-hybridized carbons (Fsp3) is 0.455. The van der Waals surface area contributed by atoms with E-state index in [1.807, 2.05) is 37.3 Å². The van der Waals surface area contributed by atoms with Crippen molar-refractivity contribution in [1.29, 1.82) is 0 Å². The highest BCUT2D eigenvalue weighted by Crippen LogP contribution is 2.08. The zero-order valence-electron chi connectivity index (χ0n) is 8.03. The van der Waals surface area contributed by atoms with Gasteiger partial charge in [0.05, 0.1) is 6.61 Å². The molecule has 0 N–H and O–H groups in total. The summed E-state index contributed by atoms with van der Waals surface area (Å²) >= 11 is 0. The molecule has 2 heteroatoms. The SMILES string of the molecule is CCOCCCOc1ccccc1. The Morgan fingerprint density at radius 3 is 2.54 bits per heavy atom. The first-order valence-electron chi connectivity index (χ1n) is 4.69. The number of ether oxygens (including phenoxy) is 2. The normalized spacial score (nSPS) is 9.92. The third kappa shape index (κ3) is 4.53. The molecule has 0 heterocycles. The number of rotatable bonds is 6. The van der Waals surface area contributed by atoms with Crippen LogP contribution in [0.1, 0.15) is 13.3 Å². The smallest absolute Gasteiger partial charge is 0.119 e. The van der Waals surface area contributed by atoms with Crippen molar-refractivity contribution in [3.05, 3.63) is 30.3 Å². The van der Waals surface area contributed by atoms with Crippen LogP contribution in [0.25, 0.3) is 0 Å². The third-order valence-corrected chi connectivity index (χ3v) is 1.65. The Kier molecular flexibility index (Phi) is 5.02. The van der Waals surface area contributed by atoms with Gasteiger partial charge in [-0.2, -0.15) is 0 Å². The molecule has 0 atom stereocenters. The van der Waals surface area contributed by atoms with E-state index < -0.39 is 0 Å². The van der Waals surface area contributed by atoms with Crippen molar-refractivity contribution in [1.82, 2.24) is 0 Å². The maximum absolute atomic E-state index is 5.47. The Bertz CT molecular complexity index is 209. The molecule has 0 aliphatic heterocycles. The largest absolute Gasteiger partial charge is 0.494 e. The average Bonchev–Trinajstić information content (AvgIpc) is 2.19. The van der Waals surface area contributed by atoms with Gasteiger partial charge in [-0.25, -0.2) is 0 Å². The van der Waals surface area contributed by atoms with Gasteiger partial charge >= 0.3 is 0 Å². The van der Waals surface area contributed by atoms with E-state index in [0.29, 0.717) is 0 Å². The van der Waals surface area contributed by atoms with E-state index >= 15 is 0 Å². The number of hydrogen-bond donors (Lipinski definition) is 0. The Balaban J connectivity index is 2.07. The summed E-state index contributed by atoms with van der Waals surface area (Å²) in [6, 6.07) is 9.84. The van der Waals surface area contributed by atoms with Crippen LogP contribution in [0.5, 0.6) is 5.75 Å². The molecule has 0 aromatic heterocycles. The Morgan fingerprint density at radius 2 is 1.85 bits per heavy atom. The lowest BCUT2D eigenvalue weighted by molar-refractivity contribution is 0.131. The molecule has 13 heavy (non-hydrogen) atoms. The lowest BCUT2D eigenvalue weighted by atomic mass is 10.3. The van der Waals surface area contributed by atoms with Gasteiger partial charge in [0.2, 0.25) is 0 Å². The molecule has 1 aromatic carbocycles. The van der Waals surface area contributed by atoms with Crippen LogP contribution in [0.15, 0.2) is 30.3 Å². The van der Waals surface area contributed by atoms with Gasteiger partial charge in [-0.1, -0.05) is 18.2 Å². The van der Waals surface area contributed by atoms with Crippen molar-refractivity contribution >= 4 is 0 Å². The second-order valence-electron chi connectivity index (χ2n) is 2.71. The molecule has 1 aromatic rings. The molecule has 0 aliphatic rings. The lowest BCUT2D eigenvalue weighted by Crippen LogP contribution is -2.02. The number of hydrogen-bond acceptors (Lipinski definition) is 2. The molecule has 0 spiro atoms. The van der Waals surface area contributed by atoms with Crippen LogP contribution in [0.4, 0.5) is 0 Å².